The van der Waals surface area contributed by atoms with Gasteiger partial charge in [-0.2, -0.15) is 0 Å². The second-order valence-corrected chi connectivity index (χ2v) is 6.56. The third-order valence-electron chi connectivity index (χ3n) is 4.64. The zero-order chi connectivity index (χ0) is 20.6. The van der Waals surface area contributed by atoms with Crippen LogP contribution in [0.2, 0.25) is 0 Å². The molecule has 0 heterocycles. The van der Waals surface area contributed by atoms with Crippen molar-refractivity contribution in [1.82, 2.24) is 0 Å². The minimum atomic E-state index is -0.582. The van der Waals surface area contributed by atoms with Crippen LogP contribution in [0.5, 0.6) is 11.5 Å². The molecule has 4 heteroatoms. The second-order valence-electron chi connectivity index (χ2n) is 6.56. The van der Waals surface area contributed by atoms with E-state index in [1.807, 2.05) is 73.7 Å². The molecule has 148 valence electrons. The number of benzene rings is 3. The molecule has 0 saturated heterocycles. The van der Waals surface area contributed by atoms with Gasteiger partial charge >= 0.3 is 0 Å². The quantitative estimate of drug-likeness (QED) is 0.266. The van der Waals surface area contributed by atoms with Gasteiger partial charge in [0.05, 0.1) is 0 Å². The van der Waals surface area contributed by atoms with E-state index in [0.29, 0.717) is 5.75 Å². The van der Waals surface area contributed by atoms with Crippen LogP contribution in [0.15, 0.2) is 79.9 Å². The van der Waals surface area contributed by atoms with Gasteiger partial charge in [-0.15, -0.1) is 0 Å². The summed E-state index contributed by atoms with van der Waals surface area (Å²) in [6, 6.07) is 20.9. The summed E-state index contributed by atoms with van der Waals surface area (Å²) in [5, 5.41) is 9.45. The van der Waals surface area contributed by atoms with E-state index in [-0.39, 0.29) is 6.79 Å². The Bertz CT molecular complexity index is 959. The van der Waals surface area contributed by atoms with Crippen molar-refractivity contribution in [1.29, 1.82) is 0 Å². The van der Waals surface area contributed by atoms with E-state index in [9.17, 15) is 5.26 Å². The molecule has 0 amide bonds. The van der Waals surface area contributed by atoms with Crippen LogP contribution in [-0.4, -0.2) is 12.1 Å². The topological polar surface area (TPSA) is 47.9 Å². The van der Waals surface area contributed by atoms with Gasteiger partial charge < -0.3 is 9.47 Å². The maximum Gasteiger partial charge on any atom is 0.230 e. The molecule has 0 bridgehead atoms. The summed E-state index contributed by atoms with van der Waals surface area (Å²) < 4.78 is 11.4. The highest BCUT2D eigenvalue weighted by atomic mass is 17.1. The van der Waals surface area contributed by atoms with Crippen LogP contribution in [0.3, 0.4) is 0 Å². The predicted molar refractivity (Wildman–Crippen MR) is 116 cm³/mol. The van der Waals surface area contributed by atoms with E-state index in [1.54, 1.807) is 12.2 Å². The fourth-order valence-corrected chi connectivity index (χ4v) is 2.98. The monoisotopic (exact) mass is 388 g/mol. The van der Waals surface area contributed by atoms with Gasteiger partial charge in [-0.25, -0.2) is 4.89 Å². The Morgan fingerprint density at radius 2 is 1.41 bits per heavy atom. The number of hydrogen-bond acceptors (Lipinski definition) is 4. The molecule has 0 aliphatic carbocycles. The number of hydrogen-bond donors (Lipinski definition) is 1. The van der Waals surface area contributed by atoms with Crippen LogP contribution in [0.25, 0.3) is 12.2 Å². The zero-order valence-corrected chi connectivity index (χ0v) is 16.4. The van der Waals surface area contributed by atoms with Crippen LogP contribution in [0.1, 0.15) is 33.9 Å². The molecule has 3 aromatic carbocycles. The lowest BCUT2D eigenvalue weighted by atomic mass is 9.98. The third-order valence-corrected chi connectivity index (χ3v) is 4.64. The molecule has 0 aliphatic rings. The Morgan fingerprint density at radius 3 is 1.97 bits per heavy atom. The minimum Gasteiger partial charge on any atom is -0.458 e. The van der Waals surface area contributed by atoms with Crippen molar-refractivity contribution >= 4 is 12.2 Å². The Morgan fingerprint density at radius 1 is 0.828 bits per heavy atom. The predicted octanol–water partition coefficient (Wildman–Crippen LogP) is 6.28. The van der Waals surface area contributed by atoms with E-state index in [2.05, 4.69) is 13.2 Å². The summed E-state index contributed by atoms with van der Waals surface area (Å²) in [6.45, 7) is 9.51. The molecular formula is C25H24O4. The van der Waals surface area contributed by atoms with Gasteiger partial charge in [0.15, 0.2) is 0 Å². The lowest BCUT2D eigenvalue weighted by Gasteiger charge is -2.17. The van der Waals surface area contributed by atoms with Crippen molar-refractivity contribution in [3.63, 3.8) is 0 Å². The molecule has 3 aromatic rings. The first-order chi connectivity index (χ1) is 14.1. The highest BCUT2D eigenvalue weighted by Gasteiger charge is 2.16. The lowest BCUT2D eigenvalue weighted by molar-refractivity contribution is -0.270. The van der Waals surface area contributed by atoms with Gasteiger partial charge in [-0.3, -0.25) is 5.26 Å². The van der Waals surface area contributed by atoms with E-state index >= 15 is 0 Å². The van der Waals surface area contributed by atoms with Crippen LogP contribution >= 0.6 is 0 Å². The molecule has 0 aliphatic heterocycles. The highest BCUT2D eigenvalue weighted by molar-refractivity contribution is 5.49. The van der Waals surface area contributed by atoms with Crippen LogP contribution in [0, 0.1) is 6.92 Å². The van der Waals surface area contributed by atoms with Crippen LogP contribution in [-0.2, 0) is 4.89 Å². The van der Waals surface area contributed by atoms with Crippen molar-refractivity contribution in [3.8, 4) is 11.5 Å². The first-order valence-corrected chi connectivity index (χ1v) is 9.26. The summed E-state index contributed by atoms with van der Waals surface area (Å²) in [5.74, 6) is 1.43. The molecule has 29 heavy (non-hydrogen) atoms. The molecule has 0 saturated carbocycles. The fraction of sp³-hybridized carbons (Fsp3) is 0.120. The normalized spacial score (nSPS) is 11.5. The minimum absolute atomic E-state index is 0.0938. The molecule has 0 radical (unpaired) electrons. The van der Waals surface area contributed by atoms with E-state index in [0.717, 1.165) is 33.6 Å². The first-order valence-electron chi connectivity index (χ1n) is 9.26. The van der Waals surface area contributed by atoms with E-state index < -0.39 is 6.10 Å². The van der Waals surface area contributed by atoms with Gasteiger partial charge in [-0.1, -0.05) is 67.8 Å². The summed E-state index contributed by atoms with van der Waals surface area (Å²) in [5.41, 5.74) is 4.62. The van der Waals surface area contributed by atoms with Crippen molar-refractivity contribution in [3.05, 3.63) is 108 Å². The second kappa shape index (κ2) is 9.73. The summed E-state index contributed by atoms with van der Waals surface area (Å²) in [6.07, 6.45) is 2.97. The molecule has 1 unspecified atom stereocenters. The molecular weight excluding hydrogens is 364 g/mol. The van der Waals surface area contributed by atoms with Crippen LogP contribution in [0.4, 0.5) is 0 Å². The van der Waals surface area contributed by atoms with Gasteiger partial charge in [0.25, 0.3) is 0 Å². The summed E-state index contributed by atoms with van der Waals surface area (Å²) in [7, 11) is 0. The molecule has 0 aromatic heterocycles. The average Bonchev–Trinajstić information content (AvgIpc) is 2.76. The SMILES string of the molecule is C=Cc1ccc(OCOc2ccc(C(OO)c3ccc(C=C)cc3)cc2C)cc1. The van der Waals surface area contributed by atoms with Crippen molar-refractivity contribution in [2.75, 3.05) is 6.79 Å². The standard InChI is InChI=1S/C25H24O4/c1-4-19-6-10-21(11-7-19)25(29-26)22-12-15-24(18(3)16-22)28-17-27-23-13-8-20(5-2)9-14-23/h4-16,25-26H,1-2,17H2,3H3. The summed E-state index contributed by atoms with van der Waals surface area (Å²) >= 11 is 0. The van der Waals surface area contributed by atoms with Gasteiger partial charge in [0.2, 0.25) is 6.79 Å². The average molecular weight is 388 g/mol. The molecule has 1 N–H and O–H groups in total. The number of aryl methyl sites for hydroxylation is 1. The molecule has 3 rings (SSSR count). The number of ether oxygens (including phenoxy) is 2. The smallest absolute Gasteiger partial charge is 0.230 e. The van der Waals surface area contributed by atoms with Gasteiger partial charge in [-0.05, 0) is 59.0 Å². The van der Waals surface area contributed by atoms with Crippen molar-refractivity contribution in [2.24, 2.45) is 0 Å². The molecule has 4 nitrogen and oxygen atoms in total. The van der Waals surface area contributed by atoms with Gasteiger partial charge in [0.1, 0.15) is 17.6 Å². The Hall–Kier alpha value is -3.34. The zero-order valence-electron chi connectivity index (χ0n) is 16.4. The molecule has 0 spiro atoms. The van der Waals surface area contributed by atoms with Crippen molar-refractivity contribution in [2.45, 2.75) is 13.0 Å². The molecule has 1 atom stereocenters. The van der Waals surface area contributed by atoms with Crippen LogP contribution < -0.4 is 9.47 Å². The Kier molecular flexibility index (Phi) is 6.85. The highest BCUT2D eigenvalue weighted by Crippen LogP contribution is 2.29. The van der Waals surface area contributed by atoms with Gasteiger partial charge in [0, 0.05) is 0 Å². The third kappa shape index (κ3) is 5.13. The Balaban J connectivity index is 1.66. The molecule has 0 fully saturated rings. The Labute approximate surface area is 171 Å². The summed E-state index contributed by atoms with van der Waals surface area (Å²) in [4.78, 5) is 4.75. The maximum absolute atomic E-state index is 9.45. The lowest BCUT2D eigenvalue weighted by Crippen LogP contribution is -2.08. The maximum atomic E-state index is 9.45. The van der Waals surface area contributed by atoms with Crippen molar-refractivity contribution < 1.29 is 19.6 Å². The largest absolute Gasteiger partial charge is 0.458 e. The number of rotatable bonds is 9. The van der Waals surface area contributed by atoms with E-state index in [4.69, 9.17) is 14.4 Å². The first kappa shape index (κ1) is 20.4. The fourth-order valence-electron chi connectivity index (χ4n) is 2.98. The van der Waals surface area contributed by atoms with E-state index in [1.165, 1.54) is 0 Å².